The molecule has 2 aromatic carbocycles. The highest BCUT2D eigenvalue weighted by molar-refractivity contribution is 5.97. The van der Waals surface area contributed by atoms with Crippen molar-refractivity contribution in [3.8, 4) is 0 Å². The predicted octanol–water partition coefficient (Wildman–Crippen LogP) is 3.98. The van der Waals surface area contributed by atoms with Crippen LogP contribution in [0.15, 0.2) is 48.5 Å². The minimum atomic E-state index is -0.598. The van der Waals surface area contributed by atoms with Gasteiger partial charge in [0.15, 0.2) is 0 Å². The molecule has 2 rings (SSSR count). The summed E-state index contributed by atoms with van der Waals surface area (Å²) in [6.45, 7) is 3.74. The second-order valence-corrected chi connectivity index (χ2v) is 5.99. The lowest BCUT2D eigenvalue weighted by molar-refractivity contribution is -0.383. The van der Waals surface area contributed by atoms with Crippen molar-refractivity contribution >= 4 is 23.3 Å². The molecule has 142 valence electrons. The lowest BCUT2D eigenvalue weighted by atomic mass is 9.96. The molecule has 1 atom stereocenters. The maximum atomic E-state index is 12.7. The first-order valence-electron chi connectivity index (χ1n) is 8.76. The molecule has 2 aromatic rings. The first-order chi connectivity index (χ1) is 13.0. The van der Waals surface area contributed by atoms with Crippen molar-refractivity contribution in [3.63, 3.8) is 0 Å². The Bertz CT molecular complexity index is 820. The van der Waals surface area contributed by atoms with Gasteiger partial charge in [-0.3, -0.25) is 14.9 Å². The van der Waals surface area contributed by atoms with Crippen LogP contribution in [-0.4, -0.2) is 23.4 Å². The first kappa shape index (κ1) is 20.1. The minimum Gasteiger partial charge on any atom is -0.462 e. The Morgan fingerprint density at radius 1 is 1.15 bits per heavy atom. The number of rotatable bonds is 8. The zero-order valence-electron chi connectivity index (χ0n) is 15.3. The molecule has 0 aromatic heterocycles. The van der Waals surface area contributed by atoms with Crippen molar-refractivity contribution in [2.75, 3.05) is 11.9 Å². The zero-order chi connectivity index (χ0) is 19.8. The van der Waals surface area contributed by atoms with Crippen molar-refractivity contribution in [2.45, 2.75) is 26.7 Å². The number of carbonyl (C=O) groups excluding carboxylic acids is 2. The van der Waals surface area contributed by atoms with Crippen LogP contribution in [0.4, 0.5) is 11.4 Å². The standard InChI is InChI=1S/C20H22N2O5/c1-3-15(12-14-8-6-5-7-9-14)19(23)21-17-13-16(20(24)27-4-2)10-11-18(17)22(25)26/h5-11,13,15H,3-4,12H2,1-2H3,(H,21,23). The molecule has 0 fully saturated rings. The van der Waals surface area contributed by atoms with E-state index in [1.165, 1.54) is 18.2 Å². The fourth-order valence-electron chi connectivity index (χ4n) is 2.69. The van der Waals surface area contributed by atoms with Gasteiger partial charge in [-0.15, -0.1) is 0 Å². The lowest BCUT2D eigenvalue weighted by Gasteiger charge is -2.15. The summed E-state index contributed by atoms with van der Waals surface area (Å²) in [5.41, 5.74) is 0.871. The summed E-state index contributed by atoms with van der Waals surface area (Å²) < 4.78 is 4.91. The van der Waals surface area contributed by atoms with E-state index >= 15 is 0 Å². The zero-order valence-corrected chi connectivity index (χ0v) is 15.3. The molecule has 1 N–H and O–H groups in total. The van der Waals surface area contributed by atoms with Gasteiger partial charge in [-0.25, -0.2) is 4.79 Å². The number of esters is 1. The molecule has 0 spiro atoms. The third-order valence-electron chi connectivity index (χ3n) is 4.15. The van der Waals surface area contributed by atoms with E-state index in [9.17, 15) is 19.7 Å². The largest absolute Gasteiger partial charge is 0.462 e. The Hall–Kier alpha value is -3.22. The third kappa shape index (κ3) is 5.37. The summed E-state index contributed by atoms with van der Waals surface area (Å²) in [5.74, 6) is -1.28. The Balaban J connectivity index is 2.24. The van der Waals surface area contributed by atoms with Crippen molar-refractivity contribution in [1.82, 2.24) is 0 Å². The van der Waals surface area contributed by atoms with Crippen molar-refractivity contribution in [2.24, 2.45) is 5.92 Å². The maximum Gasteiger partial charge on any atom is 0.338 e. The molecule has 1 unspecified atom stereocenters. The van der Waals surface area contributed by atoms with Crippen LogP contribution in [0.3, 0.4) is 0 Å². The van der Waals surface area contributed by atoms with E-state index in [-0.39, 0.29) is 35.4 Å². The van der Waals surface area contributed by atoms with Gasteiger partial charge in [-0.1, -0.05) is 37.3 Å². The topological polar surface area (TPSA) is 98.5 Å². The summed E-state index contributed by atoms with van der Waals surface area (Å²) in [7, 11) is 0. The molecule has 27 heavy (non-hydrogen) atoms. The lowest BCUT2D eigenvalue weighted by Crippen LogP contribution is -2.24. The number of nitrogens with zero attached hydrogens (tertiary/aromatic N) is 1. The predicted molar refractivity (Wildman–Crippen MR) is 102 cm³/mol. The summed E-state index contributed by atoms with van der Waals surface area (Å²) in [6.07, 6.45) is 1.10. The monoisotopic (exact) mass is 370 g/mol. The molecular formula is C20H22N2O5. The van der Waals surface area contributed by atoms with Gasteiger partial charge in [-0.05, 0) is 37.5 Å². The second-order valence-electron chi connectivity index (χ2n) is 5.99. The van der Waals surface area contributed by atoms with Crippen LogP contribution in [0.5, 0.6) is 0 Å². The summed E-state index contributed by atoms with van der Waals surface area (Å²) in [5, 5.41) is 13.9. The smallest absolute Gasteiger partial charge is 0.338 e. The van der Waals surface area contributed by atoms with E-state index in [0.29, 0.717) is 12.8 Å². The number of anilines is 1. The van der Waals surface area contributed by atoms with E-state index < -0.39 is 10.9 Å². The molecule has 0 aliphatic carbocycles. The highest BCUT2D eigenvalue weighted by Gasteiger charge is 2.23. The quantitative estimate of drug-likeness (QED) is 0.430. The van der Waals surface area contributed by atoms with E-state index in [4.69, 9.17) is 4.74 Å². The molecule has 0 bridgehead atoms. The Morgan fingerprint density at radius 3 is 2.44 bits per heavy atom. The summed E-state index contributed by atoms with van der Waals surface area (Å²) in [6, 6.07) is 13.3. The van der Waals surface area contributed by atoms with Gasteiger partial charge in [0.05, 0.1) is 17.1 Å². The summed E-state index contributed by atoms with van der Waals surface area (Å²) >= 11 is 0. The number of benzene rings is 2. The summed E-state index contributed by atoms with van der Waals surface area (Å²) in [4.78, 5) is 35.3. The van der Waals surface area contributed by atoms with Crippen LogP contribution in [-0.2, 0) is 16.0 Å². The fourth-order valence-corrected chi connectivity index (χ4v) is 2.69. The normalized spacial score (nSPS) is 11.5. The Kier molecular flexibility index (Phi) is 7.05. The van der Waals surface area contributed by atoms with Crippen molar-refractivity contribution in [1.29, 1.82) is 0 Å². The van der Waals surface area contributed by atoms with Gasteiger partial charge in [0.25, 0.3) is 5.69 Å². The fraction of sp³-hybridized carbons (Fsp3) is 0.300. The van der Waals surface area contributed by atoms with E-state index in [2.05, 4.69) is 5.32 Å². The van der Waals surface area contributed by atoms with Crippen LogP contribution in [0, 0.1) is 16.0 Å². The molecule has 0 saturated heterocycles. The highest BCUT2D eigenvalue weighted by atomic mass is 16.6. The Labute approximate surface area is 157 Å². The van der Waals surface area contributed by atoms with Crippen molar-refractivity contribution in [3.05, 3.63) is 69.8 Å². The number of hydrogen-bond acceptors (Lipinski definition) is 5. The van der Waals surface area contributed by atoms with Crippen LogP contribution in [0.1, 0.15) is 36.2 Å². The number of nitro benzene ring substituents is 1. The molecule has 7 heteroatoms. The number of nitrogens with one attached hydrogen (secondary N) is 1. The molecule has 0 heterocycles. The van der Waals surface area contributed by atoms with Gasteiger partial charge in [0.2, 0.25) is 5.91 Å². The van der Waals surface area contributed by atoms with Gasteiger partial charge in [0, 0.05) is 12.0 Å². The van der Waals surface area contributed by atoms with Gasteiger partial charge >= 0.3 is 5.97 Å². The molecule has 0 saturated carbocycles. The van der Waals surface area contributed by atoms with Crippen LogP contribution < -0.4 is 5.32 Å². The van der Waals surface area contributed by atoms with Gasteiger partial charge < -0.3 is 10.1 Å². The minimum absolute atomic E-state index is 0.0120. The maximum absolute atomic E-state index is 12.7. The molecule has 0 aliphatic rings. The van der Waals surface area contributed by atoms with Crippen LogP contribution in [0.2, 0.25) is 0 Å². The van der Waals surface area contributed by atoms with E-state index in [1.807, 2.05) is 37.3 Å². The number of carbonyl (C=O) groups is 2. The van der Waals surface area contributed by atoms with E-state index in [1.54, 1.807) is 6.92 Å². The highest BCUT2D eigenvalue weighted by Crippen LogP contribution is 2.27. The average molecular weight is 370 g/mol. The van der Waals surface area contributed by atoms with Crippen molar-refractivity contribution < 1.29 is 19.2 Å². The first-order valence-corrected chi connectivity index (χ1v) is 8.76. The second kappa shape index (κ2) is 9.47. The molecule has 0 aliphatic heterocycles. The molecule has 7 nitrogen and oxygen atoms in total. The third-order valence-corrected chi connectivity index (χ3v) is 4.15. The van der Waals surface area contributed by atoms with Crippen LogP contribution in [0.25, 0.3) is 0 Å². The van der Waals surface area contributed by atoms with Gasteiger partial charge in [-0.2, -0.15) is 0 Å². The average Bonchev–Trinajstić information content (AvgIpc) is 2.66. The molecular weight excluding hydrogens is 348 g/mol. The Morgan fingerprint density at radius 2 is 1.85 bits per heavy atom. The van der Waals surface area contributed by atoms with Crippen LogP contribution >= 0.6 is 0 Å². The number of ether oxygens (including phenoxy) is 1. The molecule has 1 amide bonds. The van der Waals surface area contributed by atoms with E-state index in [0.717, 1.165) is 5.56 Å². The van der Waals surface area contributed by atoms with Gasteiger partial charge in [0.1, 0.15) is 5.69 Å². The number of amides is 1. The molecule has 0 radical (unpaired) electrons. The number of hydrogen-bond donors (Lipinski definition) is 1. The number of nitro groups is 1. The SMILES string of the molecule is CCOC(=O)c1ccc([N+](=O)[O-])c(NC(=O)C(CC)Cc2ccccc2)c1.